The first-order valence-electron chi connectivity index (χ1n) is 6.96. The average molecular weight is 257 g/mol. The molecule has 19 heavy (non-hydrogen) atoms. The van der Waals surface area contributed by atoms with Crippen molar-refractivity contribution in [3.8, 4) is 0 Å². The van der Waals surface area contributed by atoms with Gasteiger partial charge in [-0.3, -0.25) is 0 Å². The van der Waals surface area contributed by atoms with Gasteiger partial charge in [-0.25, -0.2) is 0 Å². The van der Waals surface area contributed by atoms with E-state index in [9.17, 15) is 0 Å². The molecular formula is C17H23NO. The van der Waals surface area contributed by atoms with Crippen LogP contribution < -0.4 is 5.32 Å². The molecule has 0 aliphatic carbocycles. The van der Waals surface area contributed by atoms with Crippen molar-refractivity contribution in [2.45, 2.75) is 40.2 Å². The lowest BCUT2D eigenvalue weighted by atomic mass is 9.93. The lowest BCUT2D eigenvalue weighted by Gasteiger charge is -2.20. The molecule has 0 saturated heterocycles. The first-order valence-corrected chi connectivity index (χ1v) is 6.96. The Labute approximate surface area is 115 Å². The molecule has 0 bridgehead atoms. The number of rotatable bonds is 5. The van der Waals surface area contributed by atoms with Gasteiger partial charge in [-0.1, -0.05) is 25.1 Å². The largest absolute Gasteiger partial charge is 0.469 e. The van der Waals surface area contributed by atoms with Crippen LogP contribution in [0.4, 0.5) is 0 Å². The predicted molar refractivity (Wildman–Crippen MR) is 79.5 cm³/mol. The highest BCUT2D eigenvalue weighted by Crippen LogP contribution is 2.25. The van der Waals surface area contributed by atoms with Crippen molar-refractivity contribution in [3.63, 3.8) is 0 Å². The van der Waals surface area contributed by atoms with Crippen molar-refractivity contribution in [2.24, 2.45) is 0 Å². The van der Waals surface area contributed by atoms with Crippen LogP contribution in [0.25, 0.3) is 0 Å². The Kier molecular flexibility index (Phi) is 4.43. The zero-order chi connectivity index (χ0) is 13.8. The zero-order valence-electron chi connectivity index (χ0n) is 12.3. The van der Waals surface area contributed by atoms with E-state index in [1.807, 2.05) is 6.92 Å². The highest BCUT2D eigenvalue weighted by Gasteiger charge is 2.17. The molecule has 1 aromatic heterocycles. The Morgan fingerprint density at radius 3 is 2.32 bits per heavy atom. The van der Waals surface area contributed by atoms with Gasteiger partial charge in [0.05, 0.1) is 6.26 Å². The first-order chi connectivity index (χ1) is 9.13. The van der Waals surface area contributed by atoms with Crippen molar-refractivity contribution < 1.29 is 4.42 Å². The van der Waals surface area contributed by atoms with E-state index in [1.54, 1.807) is 6.26 Å². The average Bonchev–Trinajstić information content (AvgIpc) is 2.79. The van der Waals surface area contributed by atoms with Crippen molar-refractivity contribution in [2.75, 3.05) is 6.54 Å². The number of benzene rings is 1. The van der Waals surface area contributed by atoms with Gasteiger partial charge < -0.3 is 9.73 Å². The summed E-state index contributed by atoms with van der Waals surface area (Å²) < 4.78 is 5.45. The maximum atomic E-state index is 5.45. The van der Waals surface area contributed by atoms with Crippen molar-refractivity contribution in [1.29, 1.82) is 0 Å². The predicted octanol–water partition coefficient (Wildman–Crippen LogP) is 4.10. The van der Waals surface area contributed by atoms with Gasteiger partial charge in [0.1, 0.15) is 5.76 Å². The van der Waals surface area contributed by atoms with Crippen LogP contribution in [-0.4, -0.2) is 6.54 Å². The molecule has 1 unspecified atom stereocenters. The van der Waals surface area contributed by atoms with Gasteiger partial charge in [0.25, 0.3) is 0 Å². The normalized spacial score (nSPS) is 12.6. The van der Waals surface area contributed by atoms with E-state index in [4.69, 9.17) is 4.42 Å². The number of hydrogen-bond acceptors (Lipinski definition) is 2. The Morgan fingerprint density at radius 1 is 1.11 bits per heavy atom. The fraction of sp³-hybridized carbons (Fsp3) is 0.412. The minimum atomic E-state index is 0.323. The SMILES string of the molecule is CCNC(Cc1c(C)cccc1C)c1ccoc1C. The molecule has 2 nitrogen and oxygen atoms in total. The summed E-state index contributed by atoms with van der Waals surface area (Å²) in [6.07, 6.45) is 2.78. The molecule has 0 fully saturated rings. The molecule has 0 aliphatic rings. The molecule has 1 atom stereocenters. The molecule has 2 aromatic rings. The fourth-order valence-corrected chi connectivity index (χ4v) is 2.67. The summed E-state index contributed by atoms with van der Waals surface area (Å²) in [5.41, 5.74) is 5.44. The molecule has 1 heterocycles. The van der Waals surface area contributed by atoms with Crippen LogP contribution in [-0.2, 0) is 6.42 Å². The Hall–Kier alpha value is -1.54. The molecule has 0 spiro atoms. The highest BCUT2D eigenvalue weighted by molar-refractivity contribution is 5.35. The second kappa shape index (κ2) is 6.07. The first kappa shape index (κ1) is 13.9. The summed E-state index contributed by atoms with van der Waals surface area (Å²) in [5.74, 6) is 1.01. The van der Waals surface area contributed by atoms with Crippen LogP contribution in [0.5, 0.6) is 0 Å². The van der Waals surface area contributed by atoms with Crippen LogP contribution in [0.3, 0.4) is 0 Å². The molecule has 1 aromatic carbocycles. The summed E-state index contributed by atoms with van der Waals surface area (Å²) in [4.78, 5) is 0. The number of likely N-dealkylation sites (N-methyl/N-ethyl adjacent to an activating group) is 1. The third-order valence-electron chi connectivity index (χ3n) is 3.78. The minimum Gasteiger partial charge on any atom is -0.469 e. The van der Waals surface area contributed by atoms with Gasteiger partial charge >= 0.3 is 0 Å². The van der Waals surface area contributed by atoms with Crippen LogP contribution in [0.2, 0.25) is 0 Å². The van der Waals surface area contributed by atoms with Gasteiger partial charge in [0.15, 0.2) is 0 Å². The van der Waals surface area contributed by atoms with E-state index < -0.39 is 0 Å². The van der Waals surface area contributed by atoms with E-state index in [1.165, 1.54) is 22.3 Å². The van der Waals surface area contributed by atoms with E-state index in [0.29, 0.717) is 6.04 Å². The zero-order valence-corrected chi connectivity index (χ0v) is 12.3. The van der Waals surface area contributed by atoms with Crippen LogP contribution in [0, 0.1) is 20.8 Å². The maximum absolute atomic E-state index is 5.45. The smallest absolute Gasteiger partial charge is 0.105 e. The second-order valence-electron chi connectivity index (χ2n) is 5.12. The maximum Gasteiger partial charge on any atom is 0.105 e. The standard InChI is InChI=1S/C17H23NO/c1-5-18-17(15-9-10-19-14(15)4)11-16-12(2)7-6-8-13(16)3/h6-10,17-18H,5,11H2,1-4H3. The fourth-order valence-electron chi connectivity index (χ4n) is 2.67. The van der Waals surface area contributed by atoms with Gasteiger partial charge in [-0.15, -0.1) is 0 Å². The van der Waals surface area contributed by atoms with E-state index in [0.717, 1.165) is 18.7 Å². The number of furan rings is 1. The third kappa shape index (κ3) is 3.07. The minimum absolute atomic E-state index is 0.323. The molecule has 0 radical (unpaired) electrons. The summed E-state index contributed by atoms with van der Waals surface area (Å²) in [6, 6.07) is 8.90. The molecule has 2 rings (SSSR count). The quantitative estimate of drug-likeness (QED) is 0.872. The van der Waals surface area contributed by atoms with Gasteiger partial charge in [-0.05, 0) is 56.5 Å². The van der Waals surface area contributed by atoms with Crippen molar-refractivity contribution in [3.05, 3.63) is 58.5 Å². The lowest BCUT2D eigenvalue weighted by molar-refractivity contribution is 0.501. The van der Waals surface area contributed by atoms with Crippen LogP contribution in [0.1, 0.15) is 41.0 Å². The highest BCUT2D eigenvalue weighted by atomic mass is 16.3. The number of aryl methyl sites for hydroxylation is 3. The molecular weight excluding hydrogens is 234 g/mol. The summed E-state index contributed by atoms with van der Waals surface area (Å²) in [5, 5.41) is 3.57. The lowest BCUT2D eigenvalue weighted by Crippen LogP contribution is -2.23. The van der Waals surface area contributed by atoms with Gasteiger partial charge in [-0.2, -0.15) is 0 Å². The van der Waals surface area contributed by atoms with Crippen LogP contribution in [0.15, 0.2) is 34.9 Å². The van der Waals surface area contributed by atoms with Crippen molar-refractivity contribution >= 4 is 0 Å². The summed E-state index contributed by atoms with van der Waals surface area (Å²) in [7, 11) is 0. The van der Waals surface area contributed by atoms with Gasteiger partial charge in [0, 0.05) is 11.6 Å². The topological polar surface area (TPSA) is 25.2 Å². The number of nitrogens with one attached hydrogen (secondary N) is 1. The van der Waals surface area contributed by atoms with Crippen molar-refractivity contribution in [1.82, 2.24) is 5.32 Å². The molecule has 0 saturated carbocycles. The van der Waals surface area contributed by atoms with Gasteiger partial charge in [0.2, 0.25) is 0 Å². The van der Waals surface area contributed by atoms with E-state index in [-0.39, 0.29) is 0 Å². The molecule has 2 heteroatoms. The molecule has 1 N–H and O–H groups in total. The Balaban J connectivity index is 2.29. The molecule has 0 aliphatic heterocycles. The summed E-state index contributed by atoms with van der Waals surface area (Å²) in [6.45, 7) is 9.51. The Morgan fingerprint density at radius 2 is 1.79 bits per heavy atom. The number of hydrogen-bond donors (Lipinski definition) is 1. The molecule has 0 amide bonds. The van der Waals surface area contributed by atoms with Crippen LogP contribution >= 0.6 is 0 Å². The second-order valence-corrected chi connectivity index (χ2v) is 5.12. The monoisotopic (exact) mass is 257 g/mol. The Bertz CT molecular complexity index is 522. The third-order valence-corrected chi connectivity index (χ3v) is 3.78. The molecule has 102 valence electrons. The van der Waals surface area contributed by atoms with E-state index in [2.05, 4.69) is 50.4 Å². The van der Waals surface area contributed by atoms with E-state index >= 15 is 0 Å². The summed E-state index contributed by atoms with van der Waals surface area (Å²) >= 11 is 0.